The van der Waals surface area contributed by atoms with Crippen LogP contribution in [0.4, 0.5) is 4.39 Å². The van der Waals surface area contributed by atoms with Gasteiger partial charge in [-0.05, 0) is 54.8 Å². The summed E-state index contributed by atoms with van der Waals surface area (Å²) in [7, 11) is 1.42. The number of amides is 1. The molecule has 2 aromatic carbocycles. The number of hydrogen-bond acceptors (Lipinski definition) is 5. The molecule has 190 valence electrons. The number of rotatable bonds is 7. The van der Waals surface area contributed by atoms with Crippen LogP contribution in [0.25, 0.3) is 16.8 Å². The first kappa shape index (κ1) is 24.5. The van der Waals surface area contributed by atoms with Gasteiger partial charge in [0.2, 0.25) is 11.7 Å². The lowest BCUT2D eigenvalue weighted by atomic mass is 10.0. The second-order valence-corrected chi connectivity index (χ2v) is 9.38. The highest BCUT2D eigenvalue weighted by Gasteiger charge is 2.31. The summed E-state index contributed by atoms with van der Waals surface area (Å²) in [6, 6.07) is 12.2. The minimum Gasteiger partial charge on any atom is -0.494 e. The zero-order valence-corrected chi connectivity index (χ0v) is 21.1. The van der Waals surface area contributed by atoms with Crippen molar-refractivity contribution in [3.05, 3.63) is 84.8 Å². The minimum absolute atomic E-state index is 0.0591. The van der Waals surface area contributed by atoms with Gasteiger partial charge in [0.1, 0.15) is 11.6 Å². The number of likely N-dealkylation sites (tertiary alicyclic amines) is 1. The van der Waals surface area contributed by atoms with Crippen LogP contribution in [0.5, 0.6) is 17.2 Å². The molecule has 0 bridgehead atoms. The Hall–Kier alpha value is -4.20. The molecule has 1 saturated heterocycles. The molecule has 1 atom stereocenters. The maximum absolute atomic E-state index is 14.5. The first-order valence-electron chi connectivity index (χ1n) is 12.3. The van der Waals surface area contributed by atoms with E-state index in [1.54, 1.807) is 36.5 Å². The number of fused-ring (bicyclic) bond motifs is 1. The van der Waals surface area contributed by atoms with Crippen LogP contribution in [0.15, 0.2) is 67.5 Å². The molecule has 0 saturated carbocycles. The average molecular weight is 501 g/mol. The molecule has 0 unspecified atom stereocenters. The van der Waals surface area contributed by atoms with Gasteiger partial charge in [-0.25, -0.2) is 4.98 Å². The van der Waals surface area contributed by atoms with Crippen LogP contribution >= 0.6 is 0 Å². The molecule has 5 rings (SSSR count). The number of carbonyl (C=O) groups excluding carboxylic acids is 1. The Kier molecular flexibility index (Phi) is 6.65. The lowest BCUT2D eigenvalue weighted by Crippen LogP contribution is -2.26. The fraction of sp³-hybridized carbons (Fsp3) is 0.276. The smallest absolute Gasteiger partial charge is 0.245 e. The number of nitrogens with zero attached hydrogens (tertiary/aromatic N) is 4. The Morgan fingerprint density at radius 2 is 1.95 bits per heavy atom. The van der Waals surface area contributed by atoms with Gasteiger partial charge in [-0.15, -0.1) is 0 Å². The maximum atomic E-state index is 14.5. The van der Waals surface area contributed by atoms with Gasteiger partial charge in [0.25, 0.3) is 0 Å². The number of imidazole rings is 1. The summed E-state index contributed by atoms with van der Waals surface area (Å²) in [5.41, 5.74) is 3.62. The minimum atomic E-state index is -0.549. The normalized spacial score (nSPS) is 15.4. The van der Waals surface area contributed by atoms with E-state index in [-0.39, 0.29) is 29.2 Å². The van der Waals surface area contributed by atoms with Crippen molar-refractivity contribution in [2.24, 2.45) is 0 Å². The Bertz CT molecular complexity index is 1460. The zero-order valence-electron chi connectivity index (χ0n) is 21.1. The summed E-state index contributed by atoms with van der Waals surface area (Å²) >= 11 is 0. The summed E-state index contributed by atoms with van der Waals surface area (Å²) in [6.45, 7) is 9.11. The van der Waals surface area contributed by atoms with Gasteiger partial charge in [-0.2, -0.15) is 4.39 Å². The number of ether oxygens (including phenoxy) is 2. The van der Waals surface area contributed by atoms with Gasteiger partial charge >= 0.3 is 0 Å². The van der Waals surface area contributed by atoms with Crippen molar-refractivity contribution in [2.45, 2.75) is 32.1 Å². The SMILES string of the molecule is C=CC(=O)N1CC[C@@H](c2nc(-c3ccc(Oc4cccc(OC)c4F)cc3)c3c(C(C)C)nccn23)C1. The molecule has 1 aliphatic heterocycles. The fourth-order valence-corrected chi connectivity index (χ4v) is 4.83. The van der Waals surface area contributed by atoms with E-state index in [2.05, 4.69) is 29.8 Å². The van der Waals surface area contributed by atoms with Crippen LogP contribution in [0.1, 0.15) is 43.6 Å². The van der Waals surface area contributed by atoms with Crippen molar-refractivity contribution in [1.82, 2.24) is 19.3 Å². The van der Waals surface area contributed by atoms with Crippen LogP contribution in [0.3, 0.4) is 0 Å². The number of halogens is 1. The highest BCUT2D eigenvalue weighted by Crippen LogP contribution is 2.36. The Labute approximate surface area is 215 Å². The van der Waals surface area contributed by atoms with E-state index in [1.165, 1.54) is 13.2 Å². The molecule has 0 N–H and O–H groups in total. The molecule has 7 nitrogen and oxygen atoms in total. The van der Waals surface area contributed by atoms with Crippen molar-refractivity contribution in [3.63, 3.8) is 0 Å². The molecule has 1 aliphatic rings. The molecule has 0 spiro atoms. The van der Waals surface area contributed by atoms with E-state index in [9.17, 15) is 9.18 Å². The molecule has 0 radical (unpaired) electrons. The van der Waals surface area contributed by atoms with Crippen LogP contribution in [-0.2, 0) is 4.79 Å². The van der Waals surface area contributed by atoms with Crippen LogP contribution < -0.4 is 9.47 Å². The molecule has 0 aliphatic carbocycles. The van der Waals surface area contributed by atoms with Gasteiger partial charge in [0.05, 0.1) is 24.0 Å². The summed E-state index contributed by atoms with van der Waals surface area (Å²) in [5.74, 6) is 1.30. The number of aromatic nitrogens is 3. The monoisotopic (exact) mass is 500 g/mol. The summed E-state index contributed by atoms with van der Waals surface area (Å²) in [4.78, 5) is 23.8. The molecule has 1 fully saturated rings. The van der Waals surface area contributed by atoms with E-state index in [0.717, 1.165) is 34.7 Å². The molecule has 37 heavy (non-hydrogen) atoms. The highest BCUT2D eigenvalue weighted by atomic mass is 19.1. The summed E-state index contributed by atoms with van der Waals surface area (Å²) < 4.78 is 27.5. The molecular weight excluding hydrogens is 471 g/mol. The predicted octanol–water partition coefficient (Wildman–Crippen LogP) is 5.96. The predicted molar refractivity (Wildman–Crippen MR) is 140 cm³/mol. The second kappa shape index (κ2) is 10.0. The third kappa shape index (κ3) is 4.55. The Morgan fingerprint density at radius 1 is 1.19 bits per heavy atom. The number of carbonyl (C=O) groups is 1. The van der Waals surface area contributed by atoms with Crippen molar-refractivity contribution in [2.75, 3.05) is 20.2 Å². The second-order valence-electron chi connectivity index (χ2n) is 9.38. The lowest BCUT2D eigenvalue weighted by Gasteiger charge is -2.14. The van der Waals surface area contributed by atoms with E-state index in [4.69, 9.17) is 14.5 Å². The van der Waals surface area contributed by atoms with Crippen molar-refractivity contribution < 1.29 is 18.7 Å². The quantitative estimate of drug-likeness (QED) is 0.293. The van der Waals surface area contributed by atoms with Crippen molar-refractivity contribution in [1.29, 1.82) is 0 Å². The van der Waals surface area contributed by atoms with Gasteiger partial charge < -0.3 is 14.4 Å². The van der Waals surface area contributed by atoms with E-state index in [0.29, 0.717) is 18.8 Å². The third-order valence-corrected chi connectivity index (χ3v) is 6.70. The number of hydrogen-bond donors (Lipinski definition) is 0. The van der Waals surface area contributed by atoms with E-state index in [1.807, 2.05) is 23.2 Å². The average Bonchev–Trinajstić information content (AvgIpc) is 3.55. The summed E-state index contributed by atoms with van der Waals surface area (Å²) in [5, 5.41) is 0. The number of methoxy groups -OCH3 is 1. The Morgan fingerprint density at radius 3 is 2.65 bits per heavy atom. The van der Waals surface area contributed by atoms with E-state index < -0.39 is 5.82 Å². The van der Waals surface area contributed by atoms with Crippen molar-refractivity contribution in [3.8, 4) is 28.5 Å². The topological polar surface area (TPSA) is 69.0 Å². The molecule has 4 aromatic rings. The molecule has 2 aromatic heterocycles. The van der Waals surface area contributed by atoms with Crippen LogP contribution in [0.2, 0.25) is 0 Å². The molecule has 8 heteroatoms. The Balaban J connectivity index is 1.52. The third-order valence-electron chi connectivity index (χ3n) is 6.70. The fourth-order valence-electron chi connectivity index (χ4n) is 4.83. The molecule has 1 amide bonds. The molecule has 3 heterocycles. The van der Waals surface area contributed by atoms with Crippen LogP contribution in [0, 0.1) is 5.82 Å². The van der Waals surface area contributed by atoms with Gasteiger partial charge in [0, 0.05) is 37.0 Å². The van der Waals surface area contributed by atoms with E-state index >= 15 is 0 Å². The lowest BCUT2D eigenvalue weighted by molar-refractivity contribution is -0.125. The standard InChI is InChI=1S/C29H29FN4O3/c1-5-24(35)33-15-13-20(17-33)29-32-27(28-26(18(2)3)31-14-16-34(28)29)19-9-11-21(12-10-19)37-23-8-6-7-22(36-4)25(23)30/h5-12,14,16,18,20H,1,13,15,17H2,2-4H3/t20-/m1/s1. The first-order chi connectivity index (χ1) is 17.9. The zero-order chi connectivity index (χ0) is 26.1. The number of benzene rings is 2. The van der Waals surface area contributed by atoms with Gasteiger partial charge in [0.15, 0.2) is 11.5 Å². The highest BCUT2D eigenvalue weighted by molar-refractivity contribution is 5.87. The van der Waals surface area contributed by atoms with Crippen LogP contribution in [-0.4, -0.2) is 45.4 Å². The first-order valence-corrected chi connectivity index (χ1v) is 12.3. The summed E-state index contributed by atoms with van der Waals surface area (Å²) in [6.07, 6.45) is 5.93. The molecular formula is C29H29FN4O3. The largest absolute Gasteiger partial charge is 0.494 e. The van der Waals surface area contributed by atoms with Crippen molar-refractivity contribution >= 4 is 11.4 Å². The maximum Gasteiger partial charge on any atom is 0.245 e. The van der Waals surface area contributed by atoms with Gasteiger partial charge in [-0.1, -0.05) is 26.5 Å². The van der Waals surface area contributed by atoms with Gasteiger partial charge in [-0.3, -0.25) is 14.2 Å².